The molecule has 3 heteroatoms. The van der Waals surface area contributed by atoms with Crippen molar-refractivity contribution in [3.63, 3.8) is 0 Å². The highest BCUT2D eigenvalue weighted by molar-refractivity contribution is 9.10. The molecule has 1 aliphatic rings. The lowest BCUT2D eigenvalue weighted by Gasteiger charge is -2.34. The Morgan fingerprint density at radius 3 is 2.60 bits per heavy atom. The molecule has 112 valence electrons. The Hall–Kier alpha value is -0.410. The van der Waals surface area contributed by atoms with E-state index in [2.05, 4.69) is 28.2 Å². The minimum absolute atomic E-state index is 0.0942. The highest BCUT2D eigenvalue weighted by Gasteiger charge is 2.29. The van der Waals surface area contributed by atoms with Gasteiger partial charge in [0.05, 0.1) is 0 Å². The van der Waals surface area contributed by atoms with Crippen LogP contribution in [0.4, 0.5) is 4.39 Å². The first-order chi connectivity index (χ1) is 9.65. The van der Waals surface area contributed by atoms with E-state index in [4.69, 9.17) is 0 Å². The van der Waals surface area contributed by atoms with Crippen LogP contribution in [-0.4, -0.2) is 7.05 Å². The van der Waals surface area contributed by atoms with Crippen molar-refractivity contribution in [3.8, 4) is 0 Å². The van der Waals surface area contributed by atoms with E-state index in [9.17, 15) is 4.39 Å². The number of nitrogens with one attached hydrogen (secondary N) is 1. The predicted molar refractivity (Wildman–Crippen MR) is 86.3 cm³/mol. The molecule has 0 saturated heterocycles. The van der Waals surface area contributed by atoms with Gasteiger partial charge in [-0.2, -0.15) is 0 Å². The number of hydrogen-bond acceptors (Lipinski definition) is 1. The summed E-state index contributed by atoms with van der Waals surface area (Å²) in [7, 11) is 1.95. The van der Waals surface area contributed by atoms with Crippen molar-refractivity contribution in [3.05, 3.63) is 34.1 Å². The highest BCUT2D eigenvalue weighted by Crippen LogP contribution is 2.39. The van der Waals surface area contributed by atoms with Crippen molar-refractivity contribution in [2.75, 3.05) is 7.05 Å². The largest absolute Gasteiger partial charge is 0.313 e. The Morgan fingerprint density at radius 2 is 2.00 bits per heavy atom. The molecule has 1 N–H and O–H groups in total. The Labute approximate surface area is 130 Å². The van der Waals surface area contributed by atoms with E-state index in [1.54, 1.807) is 12.1 Å². The molecule has 20 heavy (non-hydrogen) atoms. The summed E-state index contributed by atoms with van der Waals surface area (Å²) in [6.45, 7) is 2.26. The minimum Gasteiger partial charge on any atom is -0.313 e. The SMILES string of the molecule is CCCC1CCC(C(NC)c2cc(Br)ccc2F)CC1. The van der Waals surface area contributed by atoms with Gasteiger partial charge in [-0.25, -0.2) is 4.39 Å². The number of rotatable bonds is 5. The fourth-order valence-electron chi connectivity index (χ4n) is 3.62. The van der Waals surface area contributed by atoms with Gasteiger partial charge < -0.3 is 5.32 Å². The van der Waals surface area contributed by atoms with Gasteiger partial charge in [0.25, 0.3) is 0 Å². The van der Waals surface area contributed by atoms with Crippen LogP contribution in [0.25, 0.3) is 0 Å². The van der Waals surface area contributed by atoms with Gasteiger partial charge in [0, 0.05) is 16.1 Å². The first-order valence-electron chi connectivity index (χ1n) is 7.78. The molecule has 2 rings (SSSR count). The zero-order valence-corrected chi connectivity index (χ0v) is 14.0. The summed E-state index contributed by atoms with van der Waals surface area (Å²) in [6, 6.07) is 5.39. The third-order valence-electron chi connectivity index (χ3n) is 4.66. The van der Waals surface area contributed by atoms with Crippen LogP contribution in [0.3, 0.4) is 0 Å². The summed E-state index contributed by atoms with van der Waals surface area (Å²) in [5.74, 6) is 1.35. The van der Waals surface area contributed by atoms with Crippen LogP contribution in [-0.2, 0) is 0 Å². The van der Waals surface area contributed by atoms with E-state index in [0.29, 0.717) is 5.92 Å². The zero-order valence-electron chi connectivity index (χ0n) is 12.5. The molecule has 0 heterocycles. The minimum atomic E-state index is -0.0942. The first-order valence-corrected chi connectivity index (χ1v) is 8.57. The van der Waals surface area contributed by atoms with Gasteiger partial charge in [-0.05, 0) is 49.9 Å². The molecule has 1 aromatic rings. The molecular weight excluding hydrogens is 317 g/mol. The summed E-state index contributed by atoms with van der Waals surface area (Å²) in [6.07, 6.45) is 7.65. The van der Waals surface area contributed by atoms with Gasteiger partial charge in [-0.3, -0.25) is 0 Å². The zero-order chi connectivity index (χ0) is 14.5. The van der Waals surface area contributed by atoms with E-state index in [1.165, 1.54) is 38.5 Å². The molecule has 1 saturated carbocycles. The maximum atomic E-state index is 14.1. The lowest BCUT2D eigenvalue weighted by atomic mass is 9.75. The van der Waals surface area contributed by atoms with Crippen molar-refractivity contribution < 1.29 is 4.39 Å². The van der Waals surface area contributed by atoms with E-state index >= 15 is 0 Å². The van der Waals surface area contributed by atoms with Crippen LogP contribution in [0.5, 0.6) is 0 Å². The summed E-state index contributed by atoms with van der Waals surface area (Å²) >= 11 is 3.45. The second-order valence-electron chi connectivity index (χ2n) is 6.00. The number of benzene rings is 1. The molecule has 0 radical (unpaired) electrons. The molecule has 0 aromatic heterocycles. The van der Waals surface area contributed by atoms with Gasteiger partial charge in [-0.15, -0.1) is 0 Å². The average Bonchev–Trinajstić information content (AvgIpc) is 2.45. The lowest BCUT2D eigenvalue weighted by molar-refractivity contribution is 0.217. The molecule has 1 aromatic carbocycles. The first kappa shape index (κ1) is 16.0. The van der Waals surface area contributed by atoms with E-state index in [0.717, 1.165) is 16.0 Å². The predicted octanol–water partition coefficient (Wildman–Crippen LogP) is 5.46. The van der Waals surface area contributed by atoms with E-state index < -0.39 is 0 Å². The van der Waals surface area contributed by atoms with Crippen LogP contribution in [0.2, 0.25) is 0 Å². The Kier molecular flexibility index (Phi) is 6.03. The monoisotopic (exact) mass is 341 g/mol. The Balaban J connectivity index is 2.07. The quantitative estimate of drug-likeness (QED) is 0.750. The maximum absolute atomic E-state index is 14.1. The summed E-state index contributed by atoms with van der Waals surface area (Å²) in [5, 5.41) is 3.34. The molecule has 1 atom stereocenters. The van der Waals surface area contributed by atoms with Crippen molar-refractivity contribution in [1.82, 2.24) is 5.32 Å². The summed E-state index contributed by atoms with van der Waals surface area (Å²) in [4.78, 5) is 0. The molecule has 1 unspecified atom stereocenters. The van der Waals surface area contributed by atoms with E-state index in [1.807, 2.05) is 13.1 Å². The Bertz CT molecular complexity index is 427. The summed E-state index contributed by atoms with van der Waals surface area (Å²) < 4.78 is 15.1. The molecular formula is C17H25BrFN. The molecule has 0 amide bonds. The molecule has 0 bridgehead atoms. The number of halogens is 2. The average molecular weight is 342 g/mol. The van der Waals surface area contributed by atoms with Crippen LogP contribution < -0.4 is 5.32 Å². The van der Waals surface area contributed by atoms with Crippen LogP contribution in [0.1, 0.15) is 57.1 Å². The lowest BCUT2D eigenvalue weighted by Crippen LogP contribution is -2.29. The van der Waals surface area contributed by atoms with Crippen LogP contribution in [0, 0.1) is 17.7 Å². The number of hydrogen-bond donors (Lipinski definition) is 1. The van der Waals surface area contributed by atoms with E-state index in [-0.39, 0.29) is 11.9 Å². The topological polar surface area (TPSA) is 12.0 Å². The van der Waals surface area contributed by atoms with Crippen molar-refractivity contribution in [1.29, 1.82) is 0 Å². The van der Waals surface area contributed by atoms with Crippen LogP contribution >= 0.6 is 15.9 Å². The molecule has 0 spiro atoms. The van der Waals surface area contributed by atoms with Gasteiger partial charge >= 0.3 is 0 Å². The summed E-state index contributed by atoms with van der Waals surface area (Å²) in [5.41, 5.74) is 0.806. The molecule has 1 fully saturated rings. The normalized spacial score (nSPS) is 24.6. The van der Waals surface area contributed by atoms with Crippen molar-refractivity contribution in [2.45, 2.75) is 51.5 Å². The van der Waals surface area contributed by atoms with Crippen molar-refractivity contribution >= 4 is 15.9 Å². The van der Waals surface area contributed by atoms with Gasteiger partial charge in [-0.1, -0.05) is 48.5 Å². The fraction of sp³-hybridized carbons (Fsp3) is 0.647. The maximum Gasteiger partial charge on any atom is 0.128 e. The van der Waals surface area contributed by atoms with Gasteiger partial charge in [0.1, 0.15) is 5.82 Å². The third-order valence-corrected chi connectivity index (χ3v) is 5.16. The third kappa shape index (κ3) is 3.82. The standard InChI is InChI=1S/C17H25BrFN/c1-3-4-12-5-7-13(8-6-12)17(20-2)15-11-14(18)9-10-16(15)19/h9-13,17,20H,3-8H2,1-2H3. The second kappa shape index (κ2) is 7.56. The van der Waals surface area contributed by atoms with Crippen molar-refractivity contribution in [2.24, 2.45) is 11.8 Å². The second-order valence-corrected chi connectivity index (χ2v) is 6.92. The van der Waals surface area contributed by atoms with Gasteiger partial charge in [0.2, 0.25) is 0 Å². The molecule has 1 aliphatic carbocycles. The van der Waals surface area contributed by atoms with Crippen LogP contribution in [0.15, 0.2) is 22.7 Å². The smallest absolute Gasteiger partial charge is 0.128 e. The highest BCUT2D eigenvalue weighted by atomic mass is 79.9. The Morgan fingerprint density at radius 1 is 1.30 bits per heavy atom. The molecule has 0 aliphatic heterocycles. The molecule has 1 nitrogen and oxygen atoms in total. The van der Waals surface area contributed by atoms with Gasteiger partial charge in [0.15, 0.2) is 0 Å². The fourth-order valence-corrected chi connectivity index (χ4v) is 4.00.